The Bertz CT molecular complexity index is 394. The Morgan fingerprint density at radius 1 is 1.29 bits per heavy atom. The summed E-state index contributed by atoms with van der Waals surface area (Å²) in [4.78, 5) is 0. The van der Waals surface area contributed by atoms with E-state index >= 15 is 0 Å². The van der Waals surface area contributed by atoms with Gasteiger partial charge >= 0.3 is 0 Å². The van der Waals surface area contributed by atoms with E-state index in [-0.39, 0.29) is 5.82 Å². The summed E-state index contributed by atoms with van der Waals surface area (Å²) in [5.41, 5.74) is 1.12. The zero-order valence-corrected chi connectivity index (χ0v) is 10.3. The highest BCUT2D eigenvalue weighted by molar-refractivity contribution is 5.18. The average Bonchev–Trinajstić information content (AvgIpc) is 2.93. The zero-order chi connectivity index (χ0) is 11.8. The molecule has 0 saturated heterocycles. The number of hydrogen-bond donors (Lipinski definition) is 1. The largest absolute Gasteiger partial charge is 0.316 e. The number of rotatable bonds is 4. The molecule has 3 unspecified atom stereocenters. The first kappa shape index (κ1) is 11.2. The van der Waals surface area contributed by atoms with Crippen LogP contribution in [0, 0.1) is 23.6 Å². The Morgan fingerprint density at radius 3 is 2.71 bits per heavy atom. The van der Waals surface area contributed by atoms with Crippen LogP contribution in [0.4, 0.5) is 4.39 Å². The van der Waals surface area contributed by atoms with Crippen LogP contribution in [0.3, 0.4) is 0 Å². The summed E-state index contributed by atoms with van der Waals surface area (Å²) in [6, 6.07) is 7.54. The molecule has 2 heteroatoms. The second kappa shape index (κ2) is 4.41. The van der Waals surface area contributed by atoms with Crippen LogP contribution in [0.5, 0.6) is 0 Å². The van der Waals surface area contributed by atoms with Gasteiger partial charge in [-0.05, 0) is 68.2 Å². The van der Waals surface area contributed by atoms with E-state index in [4.69, 9.17) is 0 Å². The minimum Gasteiger partial charge on any atom is -0.316 e. The van der Waals surface area contributed by atoms with Crippen LogP contribution in [0.25, 0.3) is 0 Å². The molecule has 1 aromatic carbocycles. The number of likely N-dealkylation sites (N-methyl/N-ethyl adjacent to an activating group) is 1. The number of hydrogen-bond acceptors (Lipinski definition) is 1. The zero-order valence-electron chi connectivity index (χ0n) is 10.3. The summed E-state index contributed by atoms with van der Waals surface area (Å²) in [5, 5.41) is 3.43. The first-order valence-electron chi connectivity index (χ1n) is 6.68. The molecule has 92 valence electrons. The van der Waals surface area contributed by atoms with Gasteiger partial charge in [0, 0.05) is 6.04 Å². The monoisotopic (exact) mass is 233 g/mol. The third-order valence-corrected chi connectivity index (χ3v) is 4.56. The fourth-order valence-electron chi connectivity index (χ4n) is 3.51. The molecule has 2 aliphatic carbocycles. The lowest BCUT2D eigenvalue weighted by Crippen LogP contribution is -2.35. The highest BCUT2D eigenvalue weighted by Crippen LogP contribution is 2.55. The van der Waals surface area contributed by atoms with Crippen LogP contribution in [-0.4, -0.2) is 13.1 Å². The maximum atomic E-state index is 13.1. The van der Waals surface area contributed by atoms with Crippen LogP contribution >= 0.6 is 0 Å². The molecule has 2 saturated carbocycles. The normalized spacial score (nSPS) is 32.2. The second-order valence-corrected chi connectivity index (χ2v) is 5.72. The molecule has 17 heavy (non-hydrogen) atoms. The van der Waals surface area contributed by atoms with Crippen molar-refractivity contribution in [3.05, 3.63) is 35.6 Å². The first-order valence-corrected chi connectivity index (χ1v) is 6.68. The van der Waals surface area contributed by atoms with Crippen molar-refractivity contribution in [2.75, 3.05) is 7.05 Å². The molecule has 0 heterocycles. The van der Waals surface area contributed by atoms with E-state index in [0.717, 1.165) is 29.7 Å². The molecule has 0 amide bonds. The van der Waals surface area contributed by atoms with Gasteiger partial charge in [0.2, 0.25) is 0 Å². The molecule has 2 fully saturated rings. The van der Waals surface area contributed by atoms with E-state index < -0.39 is 0 Å². The van der Waals surface area contributed by atoms with E-state index in [1.165, 1.54) is 25.3 Å². The number of fused-ring (bicyclic) bond motifs is 1. The van der Waals surface area contributed by atoms with Crippen LogP contribution in [0.1, 0.15) is 24.8 Å². The van der Waals surface area contributed by atoms with Gasteiger partial charge in [0.15, 0.2) is 0 Å². The van der Waals surface area contributed by atoms with Crippen molar-refractivity contribution in [2.24, 2.45) is 17.8 Å². The van der Waals surface area contributed by atoms with Crippen molar-refractivity contribution in [1.82, 2.24) is 5.32 Å². The molecule has 0 aromatic heterocycles. The van der Waals surface area contributed by atoms with E-state index in [9.17, 15) is 4.39 Å². The van der Waals surface area contributed by atoms with E-state index in [1.54, 1.807) is 6.07 Å². The highest BCUT2D eigenvalue weighted by Gasteiger charge is 2.47. The van der Waals surface area contributed by atoms with Gasteiger partial charge in [-0.3, -0.25) is 0 Å². The Balaban J connectivity index is 1.65. The fraction of sp³-hybridized carbons (Fsp3) is 0.600. The molecule has 1 N–H and O–H groups in total. The van der Waals surface area contributed by atoms with Gasteiger partial charge < -0.3 is 5.32 Å². The Morgan fingerprint density at radius 2 is 2.06 bits per heavy atom. The summed E-state index contributed by atoms with van der Waals surface area (Å²) in [6.45, 7) is 0. The Labute approximate surface area is 102 Å². The smallest absolute Gasteiger partial charge is 0.123 e. The molecule has 3 rings (SSSR count). The van der Waals surface area contributed by atoms with E-state index in [2.05, 4.69) is 5.32 Å². The molecule has 2 aliphatic rings. The lowest BCUT2D eigenvalue weighted by atomic mass is 9.90. The van der Waals surface area contributed by atoms with Crippen molar-refractivity contribution in [2.45, 2.75) is 31.7 Å². The minimum atomic E-state index is -0.119. The lowest BCUT2D eigenvalue weighted by Gasteiger charge is -2.24. The molecule has 1 aromatic rings. The van der Waals surface area contributed by atoms with Crippen molar-refractivity contribution in [3.8, 4) is 0 Å². The number of nitrogens with one attached hydrogen (secondary N) is 1. The maximum absolute atomic E-state index is 13.1. The molecule has 1 nitrogen and oxygen atoms in total. The van der Waals surface area contributed by atoms with Crippen molar-refractivity contribution in [1.29, 1.82) is 0 Å². The second-order valence-electron chi connectivity index (χ2n) is 5.72. The number of benzene rings is 1. The summed E-state index contributed by atoms with van der Waals surface area (Å²) in [5.74, 6) is 2.71. The Kier molecular flexibility index (Phi) is 2.91. The van der Waals surface area contributed by atoms with Crippen LogP contribution in [0.2, 0.25) is 0 Å². The summed E-state index contributed by atoms with van der Waals surface area (Å²) >= 11 is 0. The van der Waals surface area contributed by atoms with E-state index in [0.29, 0.717) is 6.04 Å². The third kappa shape index (κ3) is 2.37. The van der Waals surface area contributed by atoms with Gasteiger partial charge in [-0.1, -0.05) is 12.1 Å². The quantitative estimate of drug-likeness (QED) is 0.843. The minimum absolute atomic E-state index is 0.119. The van der Waals surface area contributed by atoms with Crippen molar-refractivity contribution >= 4 is 0 Å². The predicted octanol–water partition coefficient (Wildman–Crippen LogP) is 3.00. The molecular weight excluding hydrogens is 213 g/mol. The summed E-state index contributed by atoms with van der Waals surface area (Å²) in [6.07, 6.45) is 5.18. The van der Waals surface area contributed by atoms with Gasteiger partial charge in [-0.2, -0.15) is 0 Å². The van der Waals surface area contributed by atoms with Gasteiger partial charge in [0.05, 0.1) is 0 Å². The SMILES string of the molecule is CNC(Cc1cccc(F)c1)C1CC2CC2C1. The third-order valence-electron chi connectivity index (χ3n) is 4.56. The maximum Gasteiger partial charge on any atom is 0.123 e. The molecule has 0 bridgehead atoms. The molecule has 0 aliphatic heterocycles. The molecular formula is C15H20FN. The van der Waals surface area contributed by atoms with Crippen LogP contribution in [0.15, 0.2) is 24.3 Å². The molecule has 0 radical (unpaired) electrons. The van der Waals surface area contributed by atoms with Crippen molar-refractivity contribution in [3.63, 3.8) is 0 Å². The fourth-order valence-corrected chi connectivity index (χ4v) is 3.51. The van der Waals surface area contributed by atoms with Gasteiger partial charge in [-0.25, -0.2) is 4.39 Å². The molecule has 0 spiro atoms. The van der Waals surface area contributed by atoms with Gasteiger partial charge in [0.25, 0.3) is 0 Å². The number of halogens is 1. The predicted molar refractivity (Wildman–Crippen MR) is 67.3 cm³/mol. The Hall–Kier alpha value is -0.890. The van der Waals surface area contributed by atoms with Crippen LogP contribution in [-0.2, 0) is 6.42 Å². The average molecular weight is 233 g/mol. The highest BCUT2D eigenvalue weighted by atomic mass is 19.1. The molecule has 3 atom stereocenters. The summed E-state index contributed by atoms with van der Waals surface area (Å²) < 4.78 is 13.1. The van der Waals surface area contributed by atoms with E-state index in [1.807, 2.05) is 19.2 Å². The standard InChI is InChI=1S/C15H20FN/c1-17-15(13-8-11-7-12(11)9-13)6-10-3-2-4-14(16)5-10/h2-5,11-13,15,17H,6-9H2,1H3. The van der Waals surface area contributed by atoms with Crippen LogP contribution < -0.4 is 5.32 Å². The van der Waals surface area contributed by atoms with Crippen molar-refractivity contribution < 1.29 is 4.39 Å². The first-order chi connectivity index (χ1) is 8.26. The summed E-state index contributed by atoms with van der Waals surface area (Å²) in [7, 11) is 2.04. The van der Waals surface area contributed by atoms with Gasteiger partial charge in [-0.15, -0.1) is 0 Å². The van der Waals surface area contributed by atoms with Gasteiger partial charge in [0.1, 0.15) is 5.82 Å². The lowest BCUT2D eigenvalue weighted by molar-refractivity contribution is 0.349. The topological polar surface area (TPSA) is 12.0 Å².